The first-order chi connectivity index (χ1) is 14.4. The number of aryl methyl sites for hydroxylation is 1. The van der Waals surface area contributed by atoms with Crippen molar-refractivity contribution in [3.63, 3.8) is 0 Å². The van der Waals surface area contributed by atoms with Gasteiger partial charge >= 0.3 is 0 Å². The van der Waals surface area contributed by atoms with E-state index < -0.39 is 6.04 Å². The van der Waals surface area contributed by atoms with Crippen molar-refractivity contribution >= 4 is 11.8 Å². The van der Waals surface area contributed by atoms with Crippen molar-refractivity contribution in [2.45, 2.75) is 19.5 Å². The number of hydrogen-bond donors (Lipinski definition) is 0. The van der Waals surface area contributed by atoms with Crippen LogP contribution in [-0.4, -0.2) is 89.2 Å². The summed E-state index contributed by atoms with van der Waals surface area (Å²) in [5, 5.41) is 4.28. The van der Waals surface area contributed by atoms with Crippen LogP contribution in [0.2, 0.25) is 0 Å². The van der Waals surface area contributed by atoms with Gasteiger partial charge in [0.15, 0.2) is 0 Å². The number of carbonyl (C=O) groups excluding carboxylic acids is 2. The summed E-state index contributed by atoms with van der Waals surface area (Å²) >= 11 is 0. The molecule has 1 aromatic carbocycles. The Bertz CT molecular complexity index is 870. The van der Waals surface area contributed by atoms with E-state index in [0.29, 0.717) is 50.8 Å². The van der Waals surface area contributed by atoms with Crippen molar-refractivity contribution in [1.82, 2.24) is 24.5 Å². The van der Waals surface area contributed by atoms with E-state index in [0.717, 1.165) is 0 Å². The second kappa shape index (κ2) is 9.71. The Balaban J connectivity index is 1.55. The van der Waals surface area contributed by atoms with Crippen molar-refractivity contribution in [2.75, 3.05) is 46.9 Å². The molecule has 1 fully saturated rings. The summed E-state index contributed by atoms with van der Waals surface area (Å²) < 4.78 is 20.2. The summed E-state index contributed by atoms with van der Waals surface area (Å²) in [6.45, 7) is 4.81. The molecule has 2 aromatic rings. The van der Waals surface area contributed by atoms with Crippen LogP contribution >= 0.6 is 0 Å². The Hall–Kier alpha value is -2.94. The van der Waals surface area contributed by atoms with Crippen LogP contribution in [0, 0.1) is 5.82 Å². The maximum absolute atomic E-state index is 13.0. The van der Waals surface area contributed by atoms with Crippen LogP contribution in [0.4, 0.5) is 4.39 Å². The van der Waals surface area contributed by atoms with Crippen LogP contribution in [0.5, 0.6) is 5.75 Å². The average Bonchev–Trinajstić information content (AvgIpc) is 3.24. The fourth-order valence-corrected chi connectivity index (χ4v) is 3.33. The fraction of sp³-hybridized carbons (Fsp3) is 0.476. The van der Waals surface area contributed by atoms with Gasteiger partial charge < -0.3 is 14.5 Å². The summed E-state index contributed by atoms with van der Waals surface area (Å²) in [5.41, 5.74) is 0.397. The SMILES string of the molecule is CCn1ccc(C(=O)N2CCN(C)[C@@H](C(=O)N(C)CCOc3ccc(F)cc3)C2)n1. The summed E-state index contributed by atoms with van der Waals surface area (Å²) in [6.07, 6.45) is 1.78. The zero-order valence-electron chi connectivity index (χ0n) is 17.6. The monoisotopic (exact) mass is 417 g/mol. The molecule has 0 N–H and O–H groups in total. The number of likely N-dealkylation sites (N-methyl/N-ethyl adjacent to an activating group) is 2. The third-order valence-electron chi connectivity index (χ3n) is 5.29. The van der Waals surface area contributed by atoms with Crippen molar-refractivity contribution in [3.05, 3.63) is 48.0 Å². The predicted octanol–water partition coefficient (Wildman–Crippen LogP) is 1.34. The average molecular weight is 417 g/mol. The van der Waals surface area contributed by atoms with E-state index in [1.54, 1.807) is 45.9 Å². The second-order valence-electron chi connectivity index (χ2n) is 7.37. The number of rotatable bonds is 7. The van der Waals surface area contributed by atoms with E-state index in [2.05, 4.69) is 5.10 Å². The Morgan fingerprint density at radius 3 is 2.63 bits per heavy atom. The van der Waals surface area contributed by atoms with Crippen LogP contribution < -0.4 is 4.74 Å². The van der Waals surface area contributed by atoms with Crippen molar-refractivity contribution < 1.29 is 18.7 Å². The molecule has 1 aromatic heterocycles. The molecule has 2 amide bonds. The molecule has 0 unspecified atom stereocenters. The summed E-state index contributed by atoms with van der Waals surface area (Å²) in [6, 6.07) is 7.05. The van der Waals surface area contributed by atoms with Gasteiger partial charge in [-0.1, -0.05) is 0 Å². The van der Waals surface area contributed by atoms with Gasteiger partial charge in [-0.25, -0.2) is 4.39 Å². The third-order valence-corrected chi connectivity index (χ3v) is 5.29. The molecule has 0 bridgehead atoms. The normalized spacial score (nSPS) is 17.1. The summed E-state index contributed by atoms with van der Waals surface area (Å²) in [5.74, 6) is -0.00180. The fourth-order valence-electron chi connectivity index (χ4n) is 3.33. The number of carbonyl (C=O) groups is 2. The van der Waals surface area contributed by atoms with Gasteiger partial charge in [-0.2, -0.15) is 5.10 Å². The highest BCUT2D eigenvalue weighted by atomic mass is 19.1. The van der Waals surface area contributed by atoms with E-state index in [1.165, 1.54) is 12.1 Å². The number of ether oxygens (including phenoxy) is 1. The smallest absolute Gasteiger partial charge is 0.274 e. The maximum Gasteiger partial charge on any atom is 0.274 e. The largest absolute Gasteiger partial charge is 0.492 e. The molecule has 1 saturated heterocycles. The van der Waals surface area contributed by atoms with E-state index in [-0.39, 0.29) is 17.6 Å². The van der Waals surface area contributed by atoms with E-state index in [1.807, 2.05) is 18.9 Å². The van der Waals surface area contributed by atoms with Crippen LogP contribution in [0.3, 0.4) is 0 Å². The first kappa shape index (κ1) is 21.8. The summed E-state index contributed by atoms with van der Waals surface area (Å²) in [7, 11) is 3.60. The Morgan fingerprint density at radius 2 is 1.97 bits per heavy atom. The van der Waals surface area contributed by atoms with Crippen LogP contribution in [0.25, 0.3) is 0 Å². The molecule has 2 heterocycles. The highest BCUT2D eigenvalue weighted by Gasteiger charge is 2.34. The Kier molecular flexibility index (Phi) is 7.04. The van der Waals surface area contributed by atoms with Gasteiger partial charge in [0.25, 0.3) is 5.91 Å². The van der Waals surface area contributed by atoms with Gasteiger partial charge in [0.1, 0.15) is 29.9 Å². The van der Waals surface area contributed by atoms with Crippen molar-refractivity contribution in [2.24, 2.45) is 0 Å². The topological polar surface area (TPSA) is 70.9 Å². The first-order valence-corrected chi connectivity index (χ1v) is 10.1. The molecule has 0 spiro atoms. The minimum Gasteiger partial charge on any atom is -0.492 e. The lowest BCUT2D eigenvalue weighted by Gasteiger charge is -2.39. The standard InChI is InChI=1S/C21H28FN5O3/c1-4-27-10-9-18(23-27)20(28)26-12-11-24(2)19(15-26)21(29)25(3)13-14-30-17-7-5-16(22)6-8-17/h5-10,19H,4,11-15H2,1-3H3/t19-/m1/s1. The Labute approximate surface area is 175 Å². The van der Waals surface area contributed by atoms with E-state index in [9.17, 15) is 14.0 Å². The molecule has 1 aliphatic heterocycles. The molecule has 0 radical (unpaired) electrons. The lowest BCUT2D eigenvalue weighted by Crippen LogP contribution is -2.59. The van der Waals surface area contributed by atoms with Gasteiger partial charge in [-0.15, -0.1) is 0 Å². The lowest BCUT2D eigenvalue weighted by atomic mass is 10.1. The van der Waals surface area contributed by atoms with Gasteiger partial charge in [-0.05, 0) is 44.3 Å². The Morgan fingerprint density at radius 1 is 1.23 bits per heavy atom. The number of amides is 2. The van der Waals surface area contributed by atoms with Crippen LogP contribution in [0.15, 0.2) is 36.5 Å². The molecule has 30 heavy (non-hydrogen) atoms. The molecule has 0 aliphatic carbocycles. The molecule has 0 saturated carbocycles. The minimum absolute atomic E-state index is 0.0724. The lowest BCUT2D eigenvalue weighted by molar-refractivity contribution is -0.137. The van der Waals surface area contributed by atoms with Crippen LogP contribution in [0.1, 0.15) is 17.4 Å². The van der Waals surface area contributed by atoms with Crippen molar-refractivity contribution in [1.29, 1.82) is 0 Å². The summed E-state index contributed by atoms with van der Waals surface area (Å²) in [4.78, 5) is 31.0. The molecule has 1 aliphatic rings. The molecular weight excluding hydrogens is 389 g/mol. The van der Waals surface area contributed by atoms with Crippen LogP contribution in [-0.2, 0) is 11.3 Å². The molecule has 8 nitrogen and oxygen atoms in total. The molecular formula is C21H28FN5O3. The number of hydrogen-bond acceptors (Lipinski definition) is 5. The maximum atomic E-state index is 13.0. The zero-order chi connectivity index (χ0) is 21.7. The second-order valence-corrected chi connectivity index (χ2v) is 7.37. The van der Waals surface area contributed by atoms with Gasteiger partial charge in [0.2, 0.25) is 5.91 Å². The minimum atomic E-state index is -0.424. The van der Waals surface area contributed by atoms with E-state index in [4.69, 9.17) is 4.74 Å². The number of aromatic nitrogens is 2. The molecule has 1 atom stereocenters. The highest BCUT2D eigenvalue weighted by Crippen LogP contribution is 2.14. The quantitative estimate of drug-likeness (QED) is 0.680. The zero-order valence-corrected chi connectivity index (χ0v) is 17.6. The number of piperazine rings is 1. The van der Waals surface area contributed by atoms with Crippen molar-refractivity contribution in [3.8, 4) is 5.75 Å². The highest BCUT2D eigenvalue weighted by molar-refractivity contribution is 5.93. The molecule has 3 rings (SSSR count). The van der Waals surface area contributed by atoms with E-state index >= 15 is 0 Å². The predicted molar refractivity (Wildman–Crippen MR) is 110 cm³/mol. The number of benzene rings is 1. The number of nitrogens with zero attached hydrogens (tertiary/aromatic N) is 5. The van der Waals surface area contributed by atoms with Gasteiger partial charge in [-0.3, -0.25) is 19.2 Å². The third kappa shape index (κ3) is 5.15. The molecule has 162 valence electrons. The van der Waals surface area contributed by atoms with Gasteiger partial charge in [0, 0.05) is 39.4 Å². The first-order valence-electron chi connectivity index (χ1n) is 10.1. The number of halogens is 1. The van der Waals surface area contributed by atoms with Gasteiger partial charge in [0.05, 0.1) is 6.54 Å². The molecule has 9 heteroatoms.